The minimum atomic E-state index is 0.0802. The van der Waals surface area contributed by atoms with E-state index in [4.69, 9.17) is 9.15 Å². The molecule has 3 heterocycles. The second-order valence-electron chi connectivity index (χ2n) is 6.15. The average molecular weight is 396 g/mol. The first-order valence-corrected chi connectivity index (χ1v) is 10.9. The molecule has 1 amide bonds. The highest BCUT2D eigenvalue weighted by molar-refractivity contribution is 7.99. The van der Waals surface area contributed by atoms with Crippen LogP contribution >= 0.6 is 23.1 Å². The van der Waals surface area contributed by atoms with E-state index in [2.05, 4.69) is 15.2 Å². The zero-order valence-corrected chi connectivity index (χ0v) is 16.7. The quantitative estimate of drug-likeness (QED) is 0.659. The molecule has 1 N–H and O–H groups in total. The summed E-state index contributed by atoms with van der Waals surface area (Å²) in [6.45, 7) is 7.29. The third-order valence-corrected chi connectivity index (χ3v) is 5.98. The maximum Gasteiger partial charge on any atom is 0.236 e. The molecule has 0 aliphatic carbocycles. The molecule has 0 bridgehead atoms. The van der Waals surface area contributed by atoms with Crippen molar-refractivity contribution in [3.63, 3.8) is 0 Å². The first kappa shape index (κ1) is 19.4. The van der Waals surface area contributed by atoms with E-state index in [9.17, 15) is 4.79 Å². The SMILES string of the molecule is Cc1oc(-c2cccs2)nc1CSCC(=O)NCCCN1CCOCC1. The van der Waals surface area contributed by atoms with Crippen molar-refractivity contribution in [1.29, 1.82) is 0 Å². The summed E-state index contributed by atoms with van der Waals surface area (Å²) in [6, 6.07) is 3.98. The van der Waals surface area contributed by atoms with Gasteiger partial charge < -0.3 is 14.5 Å². The van der Waals surface area contributed by atoms with E-state index in [1.165, 1.54) is 0 Å². The Hall–Kier alpha value is -1.35. The zero-order chi connectivity index (χ0) is 18.2. The van der Waals surface area contributed by atoms with Crippen LogP contribution in [0.3, 0.4) is 0 Å². The molecule has 0 spiro atoms. The molecule has 0 aromatic carbocycles. The number of amides is 1. The number of hydrogen-bond acceptors (Lipinski definition) is 7. The fourth-order valence-corrected chi connectivity index (χ4v) is 4.21. The number of thiophene rings is 1. The van der Waals surface area contributed by atoms with Gasteiger partial charge in [0.15, 0.2) is 0 Å². The third-order valence-electron chi connectivity index (χ3n) is 4.17. The van der Waals surface area contributed by atoms with Gasteiger partial charge in [0.1, 0.15) is 5.76 Å². The molecule has 3 rings (SSSR count). The van der Waals surface area contributed by atoms with Crippen LogP contribution in [0.1, 0.15) is 17.9 Å². The largest absolute Gasteiger partial charge is 0.440 e. The van der Waals surface area contributed by atoms with Crippen LogP contribution in [0.25, 0.3) is 10.8 Å². The van der Waals surface area contributed by atoms with Crippen LogP contribution < -0.4 is 5.32 Å². The van der Waals surface area contributed by atoms with Gasteiger partial charge >= 0.3 is 0 Å². The van der Waals surface area contributed by atoms with Crippen LogP contribution in [0.4, 0.5) is 0 Å². The van der Waals surface area contributed by atoms with E-state index in [0.717, 1.165) is 62.1 Å². The van der Waals surface area contributed by atoms with Gasteiger partial charge in [-0.2, -0.15) is 0 Å². The number of aromatic nitrogens is 1. The van der Waals surface area contributed by atoms with Crippen LogP contribution in [0.15, 0.2) is 21.9 Å². The molecule has 1 fully saturated rings. The Morgan fingerprint density at radius 3 is 3.04 bits per heavy atom. The van der Waals surface area contributed by atoms with E-state index >= 15 is 0 Å². The van der Waals surface area contributed by atoms with E-state index < -0.39 is 0 Å². The van der Waals surface area contributed by atoms with Crippen molar-refractivity contribution in [1.82, 2.24) is 15.2 Å². The van der Waals surface area contributed by atoms with E-state index in [1.807, 2.05) is 24.4 Å². The zero-order valence-electron chi connectivity index (χ0n) is 15.0. The van der Waals surface area contributed by atoms with Crippen molar-refractivity contribution in [3.05, 3.63) is 29.0 Å². The molecule has 0 radical (unpaired) electrons. The summed E-state index contributed by atoms with van der Waals surface area (Å²) in [4.78, 5) is 19.9. The number of nitrogens with zero attached hydrogens (tertiary/aromatic N) is 2. The number of oxazole rings is 1. The highest BCUT2D eigenvalue weighted by Gasteiger charge is 2.13. The number of ether oxygens (including phenoxy) is 1. The maximum absolute atomic E-state index is 12.0. The van der Waals surface area contributed by atoms with Crippen LogP contribution in [-0.4, -0.2) is 60.9 Å². The smallest absolute Gasteiger partial charge is 0.236 e. The fourth-order valence-electron chi connectivity index (χ4n) is 2.71. The molecule has 0 unspecified atom stereocenters. The summed E-state index contributed by atoms with van der Waals surface area (Å²) >= 11 is 3.18. The normalized spacial score (nSPS) is 15.3. The minimum Gasteiger partial charge on any atom is -0.440 e. The molecule has 8 heteroatoms. The van der Waals surface area contributed by atoms with Crippen LogP contribution in [0.2, 0.25) is 0 Å². The highest BCUT2D eigenvalue weighted by Crippen LogP contribution is 2.27. The monoisotopic (exact) mass is 395 g/mol. The van der Waals surface area contributed by atoms with Gasteiger partial charge in [0.05, 0.1) is 29.5 Å². The number of thioether (sulfide) groups is 1. The summed E-state index contributed by atoms with van der Waals surface area (Å²) < 4.78 is 11.1. The standard InChI is InChI=1S/C18H25N3O3S2/c1-14-15(20-18(24-14)16-4-2-11-26-16)12-25-13-17(22)19-5-3-6-21-7-9-23-10-8-21/h2,4,11H,3,5-10,12-13H2,1H3,(H,19,22). The van der Waals surface area contributed by atoms with E-state index in [-0.39, 0.29) is 5.91 Å². The predicted molar refractivity (Wildman–Crippen MR) is 106 cm³/mol. The molecule has 0 saturated carbocycles. The molecule has 26 heavy (non-hydrogen) atoms. The number of aryl methyl sites for hydroxylation is 1. The van der Waals surface area contributed by atoms with Gasteiger partial charge in [-0.3, -0.25) is 9.69 Å². The Kier molecular flexibility index (Phi) is 7.55. The van der Waals surface area contributed by atoms with Gasteiger partial charge in [-0.1, -0.05) is 6.07 Å². The van der Waals surface area contributed by atoms with Crippen LogP contribution in [-0.2, 0) is 15.3 Å². The summed E-state index contributed by atoms with van der Waals surface area (Å²) in [5.41, 5.74) is 0.915. The van der Waals surface area contributed by atoms with Gasteiger partial charge in [-0.15, -0.1) is 23.1 Å². The predicted octanol–water partition coefficient (Wildman–Crippen LogP) is 2.78. The maximum atomic E-state index is 12.0. The van der Waals surface area contributed by atoms with Crippen molar-refractivity contribution in [2.24, 2.45) is 0 Å². The molecule has 2 aromatic heterocycles. The number of rotatable bonds is 9. The Labute approximate surface area is 162 Å². The lowest BCUT2D eigenvalue weighted by Gasteiger charge is -2.26. The third kappa shape index (κ3) is 5.84. The molecule has 1 aliphatic rings. The summed E-state index contributed by atoms with van der Waals surface area (Å²) in [6.07, 6.45) is 0.975. The van der Waals surface area contributed by atoms with Crippen molar-refractivity contribution in [3.8, 4) is 10.8 Å². The minimum absolute atomic E-state index is 0.0802. The lowest BCUT2D eigenvalue weighted by molar-refractivity contribution is -0.118. The molecule has 6 nitrogen and oxygen atoms in total. The van der Waals surface area contributed by atoms with Gasteiger partial charge in [-0.05, 0) is 31.3 Å². The molecule has 1 aliphatic heterocycles. The summed E-state index contributed by atoms with van der Waals surface area (Å²) in [5.74, 6) is 2.70. The van der Waals surface area contributed by atoms with Gasteiger partial charge in [0, 0.05) is 25.4 Å². The van der Waals surface area contributed by atoms with E-state index in [1.54, 1.807) is 23.1 Å². The Morgan fingerprint density at radius 1 is 1.42 bits per heavy atom. The van der Waals surface area contributed by atoms with Crippen molar-refractivity contribution < 1.29 is 13.9 Å². The van der Waals surface area contributed by atoms with Gasteiger partial charge in [0.25, 0.3) is 0 Å². The fraction of sp³-hybridized carbons (Fsp3) is 0.556. The number of hydrogen-bond donors (Lipinski definition) is 1. The molecule has 0 atom stereocenters. The number of morpholine rings is 1. The lowest BCUT2D eigenvalue weighted by atomic mass is 10.3. The highest BCUT2D eigenvalue weighted by atomic mass is 32.2. The van der Waals surface area contributed by atoms with Crippen molar-refractivity contribution in [2.75, 3.05) is 45.1 Å². The lowest BCUT2D eigenvalue weighted by Crippen LogP contribution is -2.38. The Morgan fingerprint density at radius 2 is 2.27 bits per heavy atom. The van der Waals surface area contributed by atoms with Crippen molar-refractivity contribution >= 4 is 29.0 Å². The molecule has 1 saturated heterocycles. The summed E-state index contributed by atoms with van der Waals surface area (Å²) in [7, 11) is 0. The second-order valence-corrected chi connectivity index (χ2v) is 8.08. The first-order chi connectivity index (χ1) is 12.7. The van der Waals surface area contributed by atoms with Gasteiger partial charge in [0.2, 0.25) is 11.8 Å². The molecule has 2 aromatic rings. The Bertz CT molecular complexity index is 682. The summed E-state index contributed by atoms with van der Waals surface area (Å²) in [5, 5.41) is 5.00. The van der Waals surface area contributed by atoms with E-state index in [0.29, 0.717) is 17.4 Å². The molecule has 142 valence electrons. The van der Waals surface area contributed by atoms with Crippen LogP contribution in [0, 0.1) is 6.92 Å². The molecular formula is C18H25N3O3S2. The first-order valence-electron chi connectivity index (χ1n) is 8.87. The Balaban J connectivity index is 1.31. The number of nitrogens with one attached hydrogen (secondary N) is 1. The average Bonchev–Trinajstić information content (AvgIpc) is 3.30. The number of carbonyl (C=O) groups is 1. The van der Waals surface area contributed by atoms with Gasteiger partial charge in [-0.25, -0.2) is 4.98 Å². The van der Waals surface area contributed by atoms with Crippen molar-refractivity contribution in [2.45, 2.75) is 19.1 Å². The topological polar surface area (TPSA) is 67.6 Å². The second kappa shape index (κ2) is 10.1. The van der Waals surface area contributed by atoms with Crippen LogP contribution in [0.5, 0.6) is 0 Å². The number of carbonyl (C=O) groups excluding carboxylic acids is 1. The molecular weight excluding hydrogens is 370 g/mol.